The molecule has 0 saturated carbocycles. The minimum absolute atomic E-state index is 0.0859. The Bertz CT molecular complexity index is 1470. The Hall–Kier alpha value is -3.81. The second kappa shape index (κ2) is 15.0. The fraction of sp³-hybridized carbons (Fsp3) is 0.743. The maximum absolute atomic E-state index is 14.0. The quantitative estimate of drug-likeness (QED) is 0.367. The molecule has 3 aliphatic rings. The van der Waals surface area contributed by atoms with Gasteiger partial charge >= 0.3 is 18.3 Å². The van der Waals surface area contributed by atoms with Crippen molar-refractivity contribution >= 4 is 29.7 Å². The molecule has 49 heavy (non-hydrogen) atoms. The largest absolute Gasteiger partial charge is 0.472 e. The summed E-state index contributed by atoms with van der Waals surface area (Å²) < 4.78 is 25.4. The standard InChI is InChI=1S/C35H55N7O7/c1-23(2)27-20-37-42-29(18-28(38-30(27)42)46-26-10-9-15-40(22-26)32(44)48-34(3,4)5)41(33(45)49-35(6,7)8)21-24-12-16-39(17-13-24)31(43)47-25-11-14-36-19-25/h18,20,23-26,36H,9-17,19,21-22H2,1-8H3/t25?,26-/m1/s1. The number of nitrogens with zero attached hydrogens (tertiary/aromatic N) is 6. The van der Waals surface area contributed by atoms with Crippen molar-refractivity contribution in [2.75, 3.05) is 50.7 Å². The summed E-state index contributed by atoms with van der Waals surface area (Å²) in [4.78, 5) is 49.6. The van der Waals surface area contributed by atoms with Crippen LogP contribution in [0, 0.1) is 5.92 Å². The Balaban J connectivity index is 1.39. The summed E-state index contributed by atoms with van der Waals surface area (Å²) in [5.74, 6) is 1.03. The second-order valence-corrected chi connectivity index (χ2v) is 15.8. The van der Waals surface area contributed by atoms with Gasteiger partial charge in [0.25, 0.3) is 0 Å². The first-order valence-electron chi connectivity index (χ1n) is 17.8. The number of hydrogen-bond acceptors (Lipinski definition) is 10. The van der Waals surface area contributed by atoms with Gasteiger partial charge < -0.3 is 34.1 Å². The van der Waals surface area contributed by atoms with Crippen LogP contribution >= 0.6 is 0 Å². The number of likely N-dealkylation sites (tertiary alicyclic amines) is 2. The molecule has 3 amide bonds. The lowest BCUT2D eigenvalue weighted by Crippen LogP contribution is -2.46. The highest BCUT2D eigenvalue weighted by atomic mass is 16.6. The highest BCUT2D eigenvalue weighted by Gasteiger charge is 2.34. The van der Waals surface area contributed by atoms with E-state index in [9.17, 15) is 14.4 Å². The van der Waals surface area contributed by atoms with Crippen LogP contribution in [0.25, 0.3) is 5.65 Å². The normalized spacial score (nSPS) is 20.8. The Labute approximate surface area is 289 Å². The van der Waals surface area contributed by atoms with Crippen molar-refractivity contribution in [1.82, 2.24) is 29.7 Å². The number of amides is 3. The first-order chi connectivity index (χ1) is 23.1. The van der Waals surface area contributed by atoms with Crippen LogP contribution in [0.5, 0.6) is 5.88 Å². The number of ether oxygens (including phenoxy) is 4. The molecule has 5 heterocycles. The van der Waals surface area contributed by atoms with Crippen molar-refractivity contribution < 1.29 is 33.3 Å². The zero-order valence-electron chi connectivity index (χ0n) is 30.5. The molecule has 1 unspecified atom stereocenters. The van der Waals surface area contributed by atoms with Crippen LogP contribution in [0.1, 0.15) is 99.0 Å². The third kappa shape index (κ3) is 9.67. The SMILES string of the molecule is CC(C)c1cnn2c(N(CC3CCN(C(=O)OC4CCNC4)CC3)C(=O)OC(C)(C)C)cc(O[C@@H]3CCCN(C(=O)OC(C)(C)C)C3)nc12. The Kier molecular flexibility index (Phi) is 11.1. The predicted octanol–water partition coefficient (Wildman–Crippen LogP) is 5.58. The molecule has 3 saturated heterocycles. The number of rotatable bonds is 7. The van der Waals surface area contributed by atoms with Crippen LogP contribution in [0.3, 0.4) is 0 Å². The summed E-state index contributed by atoms with van der Waals surface area (Å²) in [6.07, 6.45) is 3.97. The monoisotopic (exact) mass is 685 g/mol. The number of carbonyl (C=O) groups is 3. The molecule has 0 spiro atoms. The fourth-order valence-electron chi connectivity index (χ4n) is 6.38. The predicted molar refractivity (Wildman–Crippen MR) is 184 cm³/mol. The number of anilines is 1. The van der Waals surface area contributed by atoms with Crippen LogP contribution < -0.4 is 15.0 Å². The van der Waals surface area contributed by atoms with E-state index in [1.807, 2.05) is 41.5 Å². The summed E-state index contributed by atoms with van der Waals surface area (Å²) >= 11 is 0. The van der Waals surface area contributed by atoms with E-state index in [1.54, 1.807) is 31.5 Å². The van der Waals surface area contributed by atoms with Gasteiger partial charge in [0, 0.05) is 44.4 Å². The molecule has 3 aliphatic heterocycles. The fourth-order valence-corrected chi connectivity index (χ4v) is 6.38. The van der Waals surface area contributed by atoms with E-state index in [0.717, 1.165) is 31.4 Å². The molecule has 2 aromatic heterocycles. The van der Waals surface area contributed by atoms with Crippen molar-refractivity contribution in [3.63, 3.8) is 0 Å². The number of hydrogen-bond donors (Lipinski definition) is 1. The Morgan fingerprint density at radius 1 is 0.939 bits per heavy atom. The molecule has 0 radical (unpaired) electrons. The van der Waals surface area contributed by atoms with Gasteiger partial charge in [-0.25, -0.2) is 14.4 Å². The van der Waals surface area contributed by atoms with Gasteiger partial charge in [0.2, 0.25) is 5.88 Å². The zero-order chi connectivity index (χ0) is 35.5. The van der Waals surface area contributed by atoms with Crippen LogP contribution in [-0.2, 0) is 14.2 Å². The summed E-state index contributed by atoms with van der Waals surface area (Å²) in [5, 5.41) is 7.90. The van der Waals surface area contributed by atoms with Crippen LogP contribution in [-0.4, -0.2) is 112 Å². The van der Waals surface area contributed by atoms with Crippen molar-refractivity contribution in [1.29, 1.82) is 0 Å². The molecule has 0 aliphatic carbocycles. The maximum atomic E-state index is 14.0. The number of nitrogens with one attached hydrogen (secondary N) is 1. The van der Waals surface area contributed by atoms with Crippen LogP contribution in [0.4, 0.5) is 20.2 Å². The van der Waals surface area contributed by atoms with Crippen molar-refractivity contribution in [3.8, 4) is 5.88 Å². The smallest absolute Gasteiger partial charge is 0.416 e. The highest BCUT2D eigenvalue weighted by molar-refractivity contribution is 5.87. The van der Waals surface area contributed by atoms with E-state index in [1.165, 1.54) is 0 Å². The zero-order valence-corrected chi connectivity index (χ0v) is 30.5. The minimum atomic E-state index is -0.733. The van der Waals surface area contributed by atoms with E-state index in [-0.39, 0.29) is 36.2 Å². The summed E-state index contributed by atoms with van der Waals surface area (Å²) in [6.45, 7) is 19.2. The molecule has 5 rings (SSSR count). The summed E-state index contributed by atoms with van der Waals surface area (Å²) in [7, 11) is 0. The first kappa shape index (κ1) is 36.5. The van der Waals surface area contributed by atoms with E-state index in [2.05, 4.69) is 24.3 Å². The number of carbonyl (C=O) groups excluding carboxylic acids is 3. The Morgan fingerprint density at radius 3 is 2.29 bits per heavy atom. The summed E-state index contributed by atoms with van der Waals surface area (Å²) in [5.41, 5.74) is 0.178. The average Bonchev–Trinajstić information content (AvgIpc) is 3.68. The van der Waals surface area contributed by atoms with E-state index in [4.69, 9.17) is 23.9 Å². The first-order valence-corrected chi connectivity index (χ1v) is 17.8. The molecule has 14 heteroatoms. The molecule has 2 atom stereocenters. The lowest BCUT2D eigenvalue weighted by atomic mass is 9.96. The number of fused-ring (bicyclic) bond motifs is 1. The van der Waals surface area contributed by atoms with Gasteiger partial charge in [-0.1, -0.05) is 13.8 Å². The molecular weight excluding hydrogens is 630 g/mol. The van der Waals surface area contributed by atoms with E-state index in [0.29, 0.717) is 69.5 Å². The van der Waals surface area contributed by atoms with Crippen molar-refractivity contribution in [3.05, 3.63) is 17.8 Å². The average molecular weight is 686 g/mol. The molecule has 14 nitrogen and oxygen atoms in total. The molecule has 2 aromatic rings. The maximum Gasteiger partial charge on any atom is 0.416 e. The molecule has 272 valence electrons. The lowest BCUT2D eigenvalue weighted by Gasteiger charge is -2.35. The van der Waals surface area contributed by atoms with Crippen molar-refractivity contribution in [2.24, 2.45) is 5.92 Å². The van der Waals surface area contributed by atoms with Gasteiger partial charge in [-0.15, -0.1) is 0 Å². The Morgan fingerprint density at radius 2 is 1.65 bits per heavy atom. The van der Waals surface area contributed by atoms with Crippen LogP contribution in [0.2, 0.25) is 0 Å². The minimum Gasteiger partial charge on any atom is -0.472 e. The van der Waals surface area contributed by atoms with Gasteiger partial charge in [-0.3, -0.25) is 4.90 Å². The summed E-state index contributed by atoms with van der Waals surface area (Å²) in [6, 6.07) is 1.74. The van der Waals surface area contributed by atoms with Gasteiger partial charge in [0.1, 0.15) is 29.2 Å². The van der Waals surface area contributed by atoms with Gasteiger partial charge in [-0.05, 0) is 92.0 Å². The highest BCUT2D eigenvalue weighted by Crippen LogP contribution is 2.31. The van der Waals surface area contributed by atoms with Crippen LogP contribution in [0.15, 0.2) is 12.3 Å². The molecule has 0 bridgehead atoms. The van der Waals surface area contributed by atoms with E-state index >= 15 is 0 Å². The molecule has 1 N–H and O–H groups in total. The third-order valence-electron chi connectivity index (χ3n) is 8.88. The van der Waals surface area contributed by atoms with Gasteiger partial charge in [0.05, 0.1) is 12.7 Å². The van der Waals surface area contributed by atoms with E-state index < -0.39 is 17.3 Å². The third-order valence-corrected chi connectivity index (χ3v) is 8.88. The number of piperidine rings is 2. The molecule has 0 aromatic carbocycles. The molecule has 3 fully saturated rings. The van der Waals surface area contributed by atoms with Gasteiger partial charge in [-0.2, -0.15) is 14.6 Å². The van der Waals surface area contributed by atoms with Gasteiger partial charge in [0.15, 0.2) is 5.65 Å². The molecular formula is C35H55N7O7. The topological polar surface area (TPSA) is 140 Å². The second-order valence-electron chi connectivity index (χ2n) is 15.8. The lowest BCUT2D eigenvalue weighted by molar-refractivity contribution is 0.00720. The number of aromatic nitrogens is 3. The van der Waals surface area contributed by atoms with Crippen molar-refractivity contribution in [2.45, 2.75) is 117 Å².